The summed E-state index contributed by atoms with van der Waals surface area (Å²) in [7, 11) is 0. The van der Waals surface area contributed by atoms with Gasteiger partial charge >= 0.3 is 0 Å². The first kappa shape index (κ1) is 16.2. The Bertz CT molecular complexity index is 495. The Morgan fingerprint density at radius 1 is 1.42 bits per heavy atom. The molecule has 1 aliphatic heterocycles. The van der Waals surface area contributed by atoms with Crippen molar-refractivity contribution in [1.29, 1.82) is 0 Å². The maximum atomic E-state index is 12.6. The van der Waals surface area contributed by atoms with Crippen molar-refractivity contribution < 1.29 is 14.6 Å². The SMILES string of the molecule is O=C(c1cc(I)cc(I)c1I)N1CCOC(CO)C1. The second-order valence-electron chi connectivity index (χ2n) is 4.18. The summed E-state index contributed by atoms with van der Waals surface area (Å²) in [6, 6.07) is 3.96. The van der Waals surface area contributed by atoms with Gasteiger partial charge in [0.05, 0.1) is 24.9 Å². The van der Waals surface area contributed by atoms with Crippen molar-refractivity contribution in [1.82, 2.24) is 4.90 Å². The normalized spacial score (nSPS) is 19.6. The zero-order valence-corrected chi connectivity index (χ0v) is 16.4. The van der Waals surface area contributed by atoms with Crippen LogP contribution in [0.1, 0.15) is 10.4 Å². The predicted octanol–water partition coefficient (Wildman–Crippen LogP) is 2.33. The van der Waals surface area contributed by atoms with Crippen molar-refractivity contribution in [3.05, 3.63) is 28.4 Å². The van der Waals surface area contributed by atoms with Crippen LogP contribution in [-0.4, -0.2) is 48.3 Å². The van der Waals surface area contributed by atoms with Crippen LogP contribution < -0.4 is 0 Å². The zero-order chi connectivity index (χ0) is 14.0. The Morgan fingerprint density at radius 2 is 2.16 bits per heavy atom. The van der Waals surface area contributed by atoms with E-state index in [0.717, 1.165) is 16.3 Å². The highest BCUT2D eigenvalue weighted by Gasteiger charge is 2.26. The van der Waals surface area contributed by atoms with E-state index in [1.165, 1.54) is 0 Å². The average molecular weight is 599 g/mol. The highest BCUT2D eigenvalue weighted by Crippen LogP contribution is 2.24. The number of morpholine rings is 1. The third-order valence-corrected chi connectivity index (χ3v) is 6.52. The molecule has 1 atom stereocenters. The van der Waals surface area contributed by atoms with E-state index in [0.29, 0.717) is 19.7 Å². The molecular weight excluding hydrogens is 587 g/mol. The van der Waals surface area contributed by atoms with Crippen LogP contribution in [0.15, 0.2) is 12.1 Å². The van der Waals surface area contributed by atoms with Gasteiger partial charge < -0.3 is 14.7 Å². The van der Waals surface area contributed by atoms with Gasteiger partial charge in [0.15, 0.2) is 0 Å². The number of halogens is 3. The van der Waals surface area contributed by atoms with Crippen molar-refractivity contribution in [3.63, 3.8) is 0 Å². The first-order valence-corrected chi connectivity index (χ1v) is 8.93. The molecule has 7 heteroatoms. The van der Waals surface area contributed by atoms with Crippen molar-refractivity contribution in [2.24, 2.45) is 0 Å². The number of aliphatic hydroxyl groups is 1. The minimum atomic E-state index is -0.266. The van der Waals surface area contributed by atoms with Gasteiger partial charge in [-0.3, -0.25) is 4.79 Å². The summed E-state index contributed by atoms with van der Waals surface area (Å²) in [5, 5.41) is 9.14. The number of hydrogen-bond acceptors (Lipinski definition) is 3. The standard InChI is InChI=1S/C12H12I3NO3/c13-7-3-9(11(15)10(14)4-7)12(18)16-1-2-19-8(5-16)6-17/h3-4,8,17H,1-2,5-6H2. The molecule has 0 bridgehead atoms. The third kappa shape index (κ3) is 3.92. The molecule has 104 valence electrons. The molecule has 1 N–H and O–H groups in total. The Labute approximate surface area is 152 Å². The van der Waals surface area contributed by atoms with Crippen molar-refractivity contribution in [2.45, 2.75) is 6.10 Å². The Hall–Kier alpha value is 0.800. The largest absolute Gasteiger partial charge is 0.394 e. The van der Waals surface area contributed by atoms with Crippen LogP contribution in [0.3, 0.4) is 0 Å². The Balaban J connectivity index is 2.24. The second-order valence-corrected chi connectivity index (χ2v) is 7.66. The molecule has 1 aliphatic rings. The molecule has 1 amide bonds. The molecule has 1 saturated heterocycles. The van der Waals surface area contributed by atoms with Gasteiger partial charge in [-0.05, 0) is 79.9 Å². The fourth-order valence-corrected chi connectivity index (χ4v) is 4.28. The molecule has 1 aromatic rings. The average Bonchev–Trinajstić information content (AvgIpc) is 2.42. The Kier molecular flexibility index (Phi) is 6.11. The van der Waals surface area contributed by atoms with E-state index in [1.54, 1.807) is 4.90 Å². The quantitative estimate of drug-likeness (QED) is 0.420. The van der Waals surface area contributed by atoms with E-state index in [9.17, 15) is 4.79 Å². The van der Waals surface area contributed by atoms with Gasteiger partial charge in [-0.2, -0.15) is 0 Å². The van der Waals surface area contributed by atoms with E-state index in [4.69, 9.17) is 9.84 Å². The topological polar surface area (TPSA) is 49.8 Å². The van der Waals surface area contributed by atoms with Gasteiger partial charge in [-0.15, -0.1) is 0 Å². The van der Waals surface area contributed by atoms with Crippen molar-refractivity contribution >= 4 is 73.7 Å². The maximum absolute atomic E-state index is 12.6. The predicted molar refractivity (Wildman–Crippen MR) is 97.3 cm³/mol. The van der Waals surface area contributed by atoms with E-state index in [2.05, 4.69) is 73.8 Å². The first-order valence-electron chi connectivity index (χ1n) is 5.69. The first-order chi connectivity index (χ1) is 9.02. The summed E-state index contributed by atoms with van der Waals surface area (Å²) in [6.45, 7) is 1.46. The minimum absolute atomic E-state index is 0.0163. The highest BCUT2D eigenvalue weighted by molar-refractivity contribution is 14.1. The summed E-state index contributed by atoms with van der Waals surface area (Å²) >= 11 is 6.67. The van der Waals surface area contributed by atoms with Crippen LogP contribution in [0.25, 0.3) is 0 Å². The zero-order valence-electron chi connectivity index (χ0n) is 9.91. The smallest absolute Gasteiger partial charge is 0.255 e. The minimum Gasteiger partial charge on any atom is -0.394 e. The number of nitrogens with zero attached hydrogens (tertiary/aromatic N) is 1. The monoisotopic (exact) mass is 599 g/mol. The molecule has 0 radical (unpaired) electrons. The van der Waals surface area contributed by atoms with Crippen LogP contribution in [-0.2, 0) is 4.74 Å². The molecule has 0 saturated carbocycles. The van der Waals surface area contributed by atoms with Gasteiger partial charge in [0, 0.05) is 23.8 Å². The molecule has 2 rings (SSSR count). The lowest BCUT2D eigenvalue weighted by Crippen LogP contribution is -2.47. The summed E-state index contributed by atoms with van der Waals surface area (Å²) in [6.07, 6.45) is -0.266. The van der Waals surface area contributed by atoms with Crippen LogP contribution in [0, 0.1) is 10.7 Å². The van der Waals surface area contributed by atoms with Crippen molar-refractivity contribution in [2.75, 3.05) is 26.3 Å². The van der Waals surface area contributed by atoms with Crippen LogP contribution >= 0.6 is 67.8 Å². The van der Waals surface area contributed by atoms with Crippen molar-refractivity contribution in [3.8, 4) is 0 Å². The molecule has 1 aromatic carbocycles. The number of carbonyl (C=O) groups excluding carboxylic acids is 1. The van der Waals surface area contributed by atoms with Gasteiger partial charge in [0.2, 0.25) is 0 Å². The summed E-state index contributed by atoms with van der Waals surface area (Å²) in [5.74, 6) is 0.0163. The van der Waals surface area contributed by atoms with E-state index < -0.39 is 0 Å². The molecule has 1 fully saturated rings. The third-order valence-electron chi connectivity index (χ3n) is 2.85. The summed E-state index contributed by atoms with van der Waals surface area (Å²) in [5.41, 5.74) is 0.732. The van der Waals surface area contributed by atoms with Gasteiger partial charge in [-0.1, -0.05) is 0 Å². The van der Waals surface area contributed by atoms with Gasteiger partial charge in [0.1, 0.15) is 0 Å². The molecule has 0 spiro atoms. The number of aliphatic hydroxyl groups excluding tert-OH is 1. The lowest BCUT2D eigenvalue weighted by atomic mass is 10.2. The maximum Gasteiger partial charge on any atom is 0.255 e. The number of carbonyl (C=O) groups is 1. The molecule has 19 heavy (non-hydrogen) atoms. The molecule has 1 unspecified atom stereocenters. The lowest BCUT2D eigenvalue weighted by Gasteiger charge is -2.32. The van der Waals surface area contributed by atoms with E-state index >= 15 is 0 Å². The lowest BCUT2D eigenvalue weighted by molar-refractivity contribution is -0.0447. The number of hydrogen-bond donors (Lipinski definition) is 1. The fourth-order valence-electron chi connectivity index (χ4n) is 1.90. The molecule has 4 nitrogen and oxygen atoms in total. The second kappa shape index (κ2) is 7.18. The van der Waals surface area contributed by atoms with Crippen LogP contribution in [0.2, 0.25) is 0 Å². The highest BCUT2D eigenvalue weighted by atomic mass is 127. The van der Waals surface area contributed by atoms with Gasteiger partial charge in [-0.25, -0.2) is 0 Å². The molecule has 1 heterocycles. The molecule has 0 aromatic heterocycles. The molecule has 0 aliphatic carbocycles. The Morgan fingerprint density at radius 3 is 2.84 bits per heavy atom. The summed E-state index contributed by atoms with van der Waals surface area (Å²) in [4.78, 5) is 14.3. The molecular formula is C12H12I3NO3. The summed E-state index contributed by atoms with van der Waals surface area (Å²) < 4.78 is 8.49. The number of ether oxygens (including phenoxy) is 1. The van der Waals surface area contributed by atoms with Crippen LogP contribution in [0.5, 0.6) is 0 Å². The number of amides is 1. The van der Waals surface area contributed by atoms with E-state index in [-0.39, 0.29) is 18.6 Å². The fraction of sp³-hybridized carbons (Fsp3) is 0.417. The van der Waals surface area contributed by atoms with Crippen LogP contribution in [0.4, 0.5) is 0 Å². The van der Waals surface area contributed by atoms with Gasteiger partial charge in [0.25, 0.3) is 5.91 Å². The number of rotatable bonds is 2. The van der Waals surface area contributed by atoms with E-state index in [1.807, 2.05) is 6.07 Å². The number of benzene rings is 1.